The number of aromatic nitrogens is 1. The summed E-state index contributed by atoms with van der Waals surface area (Å²) >= 11 is 17.7. The molecule has 4 nitrogen and oxygen atoms in total. The van der Waals surface area contributed by atoms with Crippen LogP contribution in [0.3, 0.4) is 0 Å². The number of halogens is 3. The van der Waals surface area contributed by atoms with Crippen LogP contribution in [0.5, 0.6) is 11.6 Å². The zero-order valence-electron chi connectivity index (χ0n) is 10.2. The highest BCUT2D eigenvalue weighted by Crippen LogP contribution is 2.36. The minimum absolute atomic E-state index is 0.0576. The molecule has 1 aromatic heterocycles. The molecule has 0 spiro atoms. The van der Waals surface area contributed by atoms with E-state index in [0.29, 0.717) is 5.69 Å². The average Bonchev–Trinajstić information content (AvgIpc) is 2.35. The molecule has 0 amide bonds. The smallest absolute Gasteiger partial charge is 0.341 e. The number of nitrogens with zero attached hydrogens (tertiary/aromatic N) is 1. The van der Waals surface area contributed by atoms with Crippen LogP contribution in [-0.2, 0) is 0 Å². The van der Waals surface area contributed by atoms with Crippen LogP contribution in [0.25, 0.3) is 0 Å². The number of hydrogen-bond donors (Lipinski definition) is 1. The first-order valence-corrected chi connectivity index (χ1v) is 6.55. The summed E-state index contributed by atoms with van der Waals surface area (Å²) in [5.41, 5.74) is 0.541. The fraction of sp³-hybridized carbons (Fsp3) is 0.0769. The van der Waals surface area contributed by atoms with Crippen LogP contribution in [0.1, 0.15) is 16.1 Å². The van der Waals surface area contributed by atoms with E-state index >= 15 is 0 Å². The standard InChI is InChI=1S/C13H8Cl3NO3/c1-6-2-3-7(13(18)19)12(17-6)20-11-5-9(15)8(14)4-10(11)16/h2-5H,1H3,(H,18,19). The molecule has 0 bridgehead atoms. The summed E-state index contributed by atoms with van der Waals surface area (Å²) in [6, 6.07) is 5.80. The van der Waals surface area contributed by atoms with Gasteiger partial charge < -0.3 is 9.84 Å². The Kier molecular flexibility index (Phi) is 4.38. The van der Waals surface area contributed by atoms with Gasteiger partial charge in [0.1, 0.15) is 11.3 Å². The molecule has 1 N–H and O–H groups in total. The van der Waals surface area contributed by atoms with Crippen molar-refractivity contribution in [2.45, 2.75) is 6.92 Å². The molecule has 1 heterocycles. The number of aryl methyl sites for hydroxylation is 1. The van der Waals surface area contributed by atoms with Gasteiger partial charge in [0.15, 0.2) is 0 Å². The maximum atomic E-state index is 11.1. The lowest BCUT2D eigenvalue weighted by Crippen LogP contribution is -2.03. The van der Waals surface area contributed by atoms with Crippen molar-refractivity contribution in [3.63, 3.8) is 0 Å². The summed E-state index contributed by atoms with van der Waals surface area (Å²) in [6.07, 6.45) is 0. The second kappa shape index (κ2) is 5.87. The predicted molar refractivity (Wildman–Crippen MR) is 77.5 cm³/mol. The van der Waals surface area contributed by atoms with Crippen molar-refractivity contribution in [2.75, 3.05) is 0 Å². The minimum atomic E-state index is -1.15. The molecular formula is C13H8Cl3NO3. The maximum Gasteiger partial charge on any atom is 0.341 e. The van der Waals surface area contributed by atoms with Gasteiger partial charge in [0.05, 0.1) is 15.1 Å². The molecule has 7 heteroatoms. The van der Waals surface area contributed by atoms with Crippen LogP contribution in [0.2, 0.25) is 15.1 Å². The summed E-state index contributed by atoms with van der Waals surface area (Å²) in [6.45, 7) is 1.72. The number of carboxylic acid groups (broad SMARTS) is 1. The quantitative estimate of drug-likeness (QED) is 0.817. The minimum Gasteiger partial charge on any atom is -0.477 e. The molecule has 2 rings (SSSR count). The molecule has 104 valence electrons. The van der Waals surface area contributed by atoms with Crippen molar-refractivity contribution in [1.29, 1.82) is 0 Å². The Hall–Kier alpha value is -1.49. The molecule has 1 aromatic carbocycles. The molecule has 0 unspecified atom stereocenters. The lowest BCUT2D eigenvalue weighted by atomic mass is 10.2. The third-order valence-corrected chi connectivity index (χ3v) is 3.43. The predicted octanol–water partition coefficient (Wildman–Crippen LogP) is 4.84. The average molecular weight is 333 g/mol. The van der Waals surface area contributed by atoms with Gasteiger partial charge in [-0.25, -0.2) is 9.78 Å². The van der Waals surface area contributed by atoms with Crippen LogP contribution in [0, 0.1) is 6.92 Å². The molecule has 0 radical (unpaired) electrons. The van der Waals surface area contributed by atoms with Crippen LogP contribution >= 0.6 is 34.8 Å². The van der Waals surface area contributed by atoms with Crippen LogP contribution in [0.15, 0.2) is 24.3 Å². The Bertz CT molecular complexity index is 689. The summed E-state index contributed by atoms with van der Waals surface area (Å²) in [4.78, 5) is 15.2. The van der Waals surface area contributed by atoms with E-state index in [1.165, 1.54) is 18.2 Å². The third kappa shape index (κ3) is 3.15. The zero-order valence-corrected chi connectivity index (χ0v) is 12.4. The Morgan fingerprint density at radius 2 is 1.80 bits per heavy atom. The summed E-state index contributed by atoms with van der Waals surface area (Å²) in [7, 11) is 0. The first-order chi connectivity index (χ1) is 9.38. The van der Waals surface area contributed by atoms with Gasteiger partial charge in [-0.05, 0) is 25.1 Å². The van der Waals surface area contributed by atoms with Crippen LogP contribution < -0.4 is 4.74 Å². The first kappa shape index (κ1) is 14.9. The van der Waals surface area contributed by atoms with Crippen molar-refractivity contribution in [1.82, 2.24) is 4.98 Å². The molecule has 0 atom stereocenters. The molecule has 0 aliphatic heterocycles. The zero-order chi connectivity index (χ0) is 14.9. The molecule has 0 saturated carbocycles. The number of aromatic carboxylic acids is 1. The third-order valence-electron chi connectivity index (χ3n) is 2.41. The monoisotopic (exact) mass is 331 g/mol. The van der Waals surface area contributed by atoms with Gasteiger partial charge in [-0.3, -0.25) is 0 Å². The van der Waals surface area contributed by atoms with Gasteiger partial charge in [-0.2, -0.15) is 0 Å². The topological polar surface area (TPSA) is 59.4 Å². The van der Waals surface area contributed by atoms with E-state index < -0.39 is 5.97 Å². The van der Waals surface area contributed by atoms with Gasteiger partial charge in [0.25, 0.3) is 0 Å². The van der Waals surface area contributed by atoms with Gasteiger partial charge in [0, 0.05) is 11.8 Å². The van der Waals surface area contributed by atoms with E-state index in [9.17, 15) is 4.79 Å². The first-order valence-electron chi connectivity index (χ1n) is 5.42. The number of carboxylic acids is 1. The van der Waals surface area contributed by atoms with Crippen molar-refractivity contribution in [3.05, 3.63) is 50.6 Å². The molecule has 0 aliphatic carbocycles. The SMILES string of the molecule is Cc1ccc(C(=O)O)c(Oc2cc(Cl)c(Cl)cc2Cl)n1. The largest absolute Gasteiger partial charge is 0.477 e. The van der Waals surface area contributed by atoms with Gasteiger partial charge in [-0.15, -0.1) is 0 Å². The van der Waals surface area contributed by atoms with Gasteiger partial charge in [-0.1, -0.05) is 34.8 Å². The van der Waals surface area contributed by atoms with Gasteiger partial charge >= 0.3 is 5.97 Å². The highest BCUT2D eigenvalue weighted by molar-refractivity contribution is 6.43. The number of hydrogen-bond acceptors (Lipinski definition) is 3. The van der Waals surface area contributed by atoms with E-state index in [4.69, 9.17) is 44.6 Å². The number of rotatable bonds is 3. The Balaban J connectivity index is 2.47. The second-order valence-electron chi connectivity index (χ2n) is 3.91. The molecule has 20 heavy (non-hydrogen) atoms. The lowest BCUT2D eigenvalue weighted by molar-refractivity contribution is 0.0693. The summed E-state index contributed by atoms with van der Waals surface area (Å²) in [5, 5.41) is 9.83. The molecule has 0 aliphatic rings. The normalized spacial score (nSPS) is 10.4. The highest BCUT2D eigenvalue weighted by Gasteiger charge is 2.16. The molecule has 0 fully saturated rings. The lowest BCUT2D eigenvalue weighted by Gasteiger charge is -2.10. The summed E-state index contributed by atoms with van der Waals surface area (Å²) in [5.74, 6) is -1.02. The van der Waals surface area contributed by atoms with E-state index in [0.717, 1.165) is 0 Å². The fourth-order valence-corrected chi connectivity index (χ4v) is 2.04. The number of benzene rings is 1. The fourth-order valence-electron chi connectivity index (χ4n) is 1.46. The van der Waals surface area contributed by atoms with Crippen molar-refractivity contribution in [3.8, 4) is 11.6 Å². The maximum absolute atomic E-state index is 11.1. The van der Waals surface area contributed by atoms with Crippen molar-refractivity contribution >= 4 is 40.8 Å². The number of pyridine rings is 1. The molecule has 0 saturated heterocycles. The Labute approximate surface area is 129 Å². The summed E-state index contributed by atoms with van der Waals surface area (Å²) < 4.78 is 5.45. The van der Waals surface area contributed by atoms with Crippen LogP contribution in [0.4, 0.5) is 0 Å². The second-order valence-corrected chi connectivity index (χ2v) is 5.13. The van der Waals surface area contributed by atoms with E-state index in [1.807, 2.05) is 0 Å². The van der Waals surface area contributed by atoms with Gasteiger partial charge in [0.2, 0.25) is 5.88 Å². The highest BCUT2D eigenvalue weighted by atomic mass is 35.5. The van der Waals surface area contributed by atoms with Crippen LogP contribution in [-0.4, -0.2) is 16.1 Å². The molecule has 2 aromatic rings. The van der Waals surface area contributed by atoms with E-state index in [2.05, 4.69) is 4.98 Å². The number of carbonyl (C=O) groups is 1. The number of ether oxygens (including phenoxy) is 1. The van der Waals surface area contributed by atoms with Crippen molar-refractivity contribution in [2.24, 2.45) is 0 Å². The Morgan fingerprint density at radius 1 is 1.15 bits per heavy atom. The van der Waals surface area contributed by atoms with Crippen molar-refractivity contribution < 1.29 is 14.6 Å². The van der Waals surface area contributed by atoms with E-state index in [1.54, 1.807) is 13.0 Å². The Morgan fingerprint density at radius 3 is 2.45 bits per heavy atom. The molecular weight excluding hydrogens is 325 g/mol. The van der Waals surface area contributed by atoms with E-state index in [-0.39, 0.29) is 32.3 Å².